The van der Waals surface area contributed by atoms with Crippen LogP contribution in [0.15, 0.2) is 24.3 Å². The number of alkyl carbamates (subject to hydrolysis) is 1. The van der Waals surface area contributed by atoms with Gasteiger partial charge in [0.15, 0.2) is 0 Å². The van der Waals surface area contributed by atoms with E-state index in [9.17, 15) is 9.59 Å². The first-order chi connectivity index (χ1) is 15.7. The summed E-state index contributed by atoms with van der Waals surface area (Å²) < 4.78 is 21.7. The number of aliphatic hydroxyl groups excluding tert-OH is 1. The van der Waals surface area contributed by atoms with Gasteiger partial charge in [-0.2, -0.15) is 0 Å². The van der Waals surface area contributed by atoms with Gasteiger partial charge in [-0.05, 0) is 51.2 Å². The van der Waals surface area contributed by atoms with Gasteiger partial charge in [-0.25, -0.2) is 4.79 Å². The largest absolute Gasteiger partial charge is 0.444 e. The number of aryl methyl sites for hydroxylation is 1. The van der Waals surface area contributed by atoms with Crippen LogP contribution in [-0.4, -0.2) is 68.4 Å². The molecule has 9 nitrogen and oxygen atoms in total. The Bertz CT molecular complexity index is 674. The van der Waals surface area contributed by atoms with Gasteiger partial charge in [0.1, 0.15) is 5.60 Å². The van der Waals surface area contributed by atoms with Crippen molar-refractivity contribution in [3.05, 3.63) is 35.4 Å². The van der Waals surface area contributed by atoms with E-state index in [0.717, 1.165) is 18.4 Å². The Morgan fingerprint density at radius 3 is 2.24 bits per heavy atom. The molecule has 0 radical (unpaired) electrons. The number of ether oxygens (including phenoxy) is 4. The van der Waals surface area contributed by atoms with Gasteiger partial charge in [0.05, 0.1) is 45.7 Å². The smallest absolute Gasteiger partial charge is 0.407 e. The Labute approximate surface area is 196 Å². The summed E-state index contributed by atoms with van der Waals surface area (Å²) in [5.74, 6) is -0.429. The monoisotopic (exact) mass is 468 g/mol. The Balaban J connectivity index is 2.34. The zero-order valence-corrected chi connectivity index (χ0v) is 20.1. The summed E-state index contributed by atoms with van der Waals surface area (Å²) in [6.07, 6.45) is 1.80. The lowest BCUT2D eigenvalue weighted by Crippen LogP contribution is -2.42. The highest BCUT2D eigenvalue weighted by Gasteiger charge is 2.20. The Hall–Kier alpha value is -2.20. The molecule has 0 bridgehead atoms. The molecule has 4 N–H and O–H groups in total. The normalized spacial score (nSPS) is 12.4. The zero-order chi connectivity index (χ0) is 24.5. The van der Waals surface area contributed by atoms with Crippen molar-refractivity contribution in [2.45, 2.75) is 64.7 Å². The summed E-state index contributed by atoms with van der Waals surface area (Å²) in [4.78, 5) is 23.2. The molecule has 1 rings (SSSR count). The van der Waals surface area contributed by atoms with Gasteiger partial charge in [0.25, 0.3) is 0 Å². The van der Waals surface area contributed by atoms with E-state index in [1.807, 2.05) is 12.1 Å². The van der Waals surface area contributed by atoms with E-state index in [2.05, 4.69) is 17.4 Å². The number of nitrogens with two attached hydrogens (primary N) is 1. The second-order valence-corrected chi connectivity index (χ2v) is 8.73. The lowest BCUT2D eigenvalue weighted by Gasteiger charge is -2.23. The highest BCUT2D eigenvalue weighted by molar-refractivity contribution is 5.74. The fourth-order valence-corrected chi connectivity index (χ4v) is 2.87. The average molecular weight is 469 g/mol. The van der Waals surface area contributed by atoms with Crippen molar-refractivity contribution in [1.29, 1.82) is 0 Å². The van der Waals surface area contributed by atoms with Gasteiger partial charge < -0.3 is 35.1 Å². The standard InChI is InChI=1S/C24H40N2O7/c1-24(2,3)33-23(29)26-21(10-11-22(25)28)18-32-17-20-8-6-19(7-9-20)5-4-13-30-15-16-31-14-12-27/h6-9,21,27H,4-5,10-18H2,1-3H3,(H2,25,28)(H,26,29). The second-order valence-electron chi connectivity index (χ2n) is 8.73. The first-order valence-corrected chi connectivity index (χ1v) is 11.4. The van der Waals surface area contributed by atoms with Crippen molar-refractivity contribution in [2.24, 2.45) is 5.73 Å². The van der Waals surface area contributed by atoms with Crippen LogP contribution in [0.2, 0.25) is 0 Å². The van der Waals surface area contributed by atoms with Crippen LogP contribution in [0.5, 0.6) is 0 Å². The third-order valence-corrected chi connectivity index (χ3v) is 4.43. The molecule has 33 heavy (non-hydrogen) atoms. The van der Waals surface area contributed by atoms with Crippen LogP contribution < -0.4 is 11.1 Å². The predicted octanol–water partition coefficient (Wildman–Crippen LogP) is 2.32. The molecule has 1 aromatic carbocycles. The Morgan fingerprint density at radius 1 is 1.00 bits per heavy atom. The number of aliphatic hydroxyl groups is 1. The molecule has 1 atom stereocenters. The van der Waals surface area contributed by atoms with Gasteiger partial charge in [-0.15, -0.1) is 0 Å². The third kappa shape index (κ3) is 16.1. The molecule has 188 valence electrons. The molecule has 0 aliphatic carbocycles. The van der Waals surface area contributed by atoms with Crippen molar-refractivity contribution < 1.29 is 33.6 Å². The molecule has 0 aromatic heterocycles. The van der Waals surface area contributed by atoms with Crippen molar-refractivity contribution in [3.63, 3.8) is 0 Å². The minimum Gasteiger partial charge on any atom is -0.444 e. The fourth-order valence-electron chi connectivity index (χ4n) is 2.87. The van der Waals surface area contributed by atoms with Crippen LogP contribution in [-0.2, 0) is 36.8 Å². The number of amides is 2. The SMILES string of the molecule is CC(C)(C)OC(=O)NC(CCC(N)=O)COCc1ccc(CCCOCCOCCO)cc1. The number of primary amides is 1. The van der Waals surface area contributed by atoms with Crippen molar-refractivity contribution in [1.82, 2.24) is 5.32 Å². The van der Waals surface area contributed by atoms with E-state index in [1.165, 1.54) is 5.56 Å². The van der Waals surface area contributed by atoms with Gasteiger partial charge >= 0.3 is 6.09 Å². The molecule has 0 heterocycles. The number of hydrogen-bond acceptors (Lipinski definition) is 7. The van der Waals surface area contributed by atoms with Crippen LogP contribution in [0.25, 0.3) is 0 Å². The Kier molecular flexibility index (Phi) is 14.3. The quantitative estimate of drug-likeness (QED) is 0.299. The molecule has 0 aliphatic rings. The average Bonchev–Trinajstić information content (AvgIpc) is 2.73. The van der Waals surface area contributed by atoms with Crippen LogP contribution in [0.4, 0.5) is 4.79 Å². The lowest BCUT2D eigenvalue weighted by molar-refractivity contribution is -0.118. The maximum atomic E-state index is 12.0. The summed E-state index contributed by atoms with van der Waals surface area (Å²) >= 11 is 0. The number of nitrogens with one attached hydrogen (secondary N) is 1. The molecule has 9 heteroatoms. The summed E-state index contributed by atoms with van der Waals surface area (Å²) in [6, 6.07) is 7.77. The summed E-state index contributed by atoms with van der Waals surface area (Å²) in [6.45, 7) is 8.04. The highest BCUT2D eigenvalue weighted by atomic mass is 16.6. The molecule has 0 saturated carbocycles. The van der Waals surface area contributed by atoms with Crippen LogP contribution >= 0.6 is 0 Å². The summed E-state index contributed by atoms with van der Waals surface area (Å²) in [7, 11) is 0. The third-order valence-electron chi connectivity index (χ3n) is 4.43. The first kappa shape index (κ1) is 28.8. The van der Waals surface area contributed by atoms with E-state index in [0.29, 0.717) is 39.5 Å². The summed E-state index contributed by atoms with van der Waals surface area (Å²) in [5.41, 5.74) is 6.86. The topological polar surface area (TPSA) is 129 Å². The zero-order valence-electron chi connectivity index (χ0n) is 20.1. The molecule has 0 aliphatic heterocycles. The fraction of sp³-hybridized carbons (Fsp3) is 0.667. The van der Waals surface area contributed by atoms with E-state index in [1.54, 1.807) is 20.8 Å². The number of hydrogen-bond donors (Lipinski definition) is 3. The molecule has 2 amide bonds. The second kappa shape index (κ2) is 16.4. The van der Waals surface area contributed by atoms with Crippen molar-refractivity contribution >= 4 is 12.0 Å². The molecule has 0 fully saturated rings. The number of carbonyl (C=O) groups excluding carboxylic acids is 2. The highest BCUT2D eigenvalue weighted by Crippen LogP contribution is 2.10. The first-order valence-electron chi connectivity index (χ1n) is 11.4. The molecule has 1 unspecified atom stereocenters. The van der Waals surface area contributed by atoms with E-state index in [-0.39, 0.29) is 25.7 Å². The number of rotatable bonds is 17. The van der Waals surface area contributed by atoms with Crippen molar-refractivity contribution in [3.8, 4) is 0 Å². The molecular formula is C24H40N2O7. The predicted molar refractivity (Wildman–Crippen MR) is 125 cm³/mol. The van der Waals surface area contributed by atoms with Gasteiger partial charge in [-0.1, -0.05) is 24.3 Å². The van der Waals surface area contributed by atoms with E-state index >= 15 is 0 Å². The maximum Gasteiger partial charge on any atom is 0.407 e. The molecule has 0 spiro atoms. The van der Waals surface area contributed by atoms with Crippen LogP contribution in [0.3, 0.4) is 0 Å². The van der Waals surface area contributed by atoms with Crippen LogP contribution in [0.1, 0.15) is 51.2 Å². The Morgan fingerprint density at radius 2 is 1.64 bits per heavy atom. The van der Waals surface area contributed by atoms with Gasteiger partial charge in [-0.3, -0.25) is 4.79 Å². The van der Waals surface area contributed by atoms with E-state index in [4.69, 9.17) is 29.8 Å². The van der Waals surface area contributed by atoms with Gasteiger partial charge in [0.2, 0.25) is 5.91 Å². The van der Waals surface area contributed by atoms with Gasteiger partial charge in [0, 0.05) is 13.0 Å². The molecular weight excluding hydrogens is 428 g/mol. The number of carbonyl (C=O) groups is 2. The maximum absolute atomic E-state index is 12.0. The molecule has 0 saturated heterocycles. The number of benzene rings is 1. The van der Waals surface area contributed by atoms with Crippen molar-refractivity contribution in [2.75, 3.05) is 39.6 Å². The lowest BCUT2D eigenvalue weighted by atomic mass is 10.1. The van der Waals surface area contributed by atoms with E-state index < -0.39 is 17.6 Å². The summed E-state index contributed by atoms with van der Waals surface area (Å²) in [5, 5.41) is 11.4. The minimum atomic E-state index is -0.609. The minimum absolute atomic E-state index is 0.0277. The van der Waals surface area contributed by atoms with Crippen LogP contribution in [0, 0.1) is 0 Å². The molecule has 1 aromatic rings.